The molecule has 1 aromatic rings. The van der Waals surface area contributed by atoms with Crippen molar-refractivity contribution < 1.29 is 14.3 Å². The predicted octanol–water partition coefficient (Wildman–Crippen LogP) is 3.12. The lowest BCUT2D eigenvalue weighted by Gasteiger charge is -2.07. The van der Waals surface area contributed by atoms with Gasteiger partial charge in [-0.25, -0.2) is 9.18 Å². The van der Waals surface area contributed by atoms with Crippen LogP contribution in [0.2, 0.25) is 0 Å². The second-order valence-corrected chi connectivity index (χ2v) is 4.54. The number of hydrogen-bond acceptors (Lipinski definition) is 2. The number of anilines is 1. The Morgan fingerprint density at radius 2 is 2.35 bits per heavy atom. The molecule has 17 heavy (non-hydrogen) atoms. The zero-order valence-electron chi connectivity index (χ0n) is 9.74. The summed E-state index contributed by atoms with van der Waals surface area (Å²) in [5.41, 5.74) is 0.382. The second kappa shape index (κ2) is 4.73. The second-order valence-electron chi connectivity index (χ2n) is 4.54. The molecular formula is C13H16FNO2. The van der Waals surface area contributed by atoms with Gasteiger partial charge in [0.25, 0.3) is 0 Å². The van der Waals surface area contributed by atoms with Gasteiger partial charge in [-0.15, -0.1) is 0 Å². The topological polar surface area (TPSA) is 49.3 Å². The third kappa shape index (κ3) is 2.75. The molecule has 2 rings (SSSR count). The number of benzene rings is 1. The fraction of sp³-hybridized carbons (Fsp3) is 0.462. The third-order valence-electron chi connectivity index (χ3n) is 3.14. The summed E-state index contributed by atoms with van der Waals surface area (Å²) >= 11 is 0. The zero-order valence-corrected chi connectivity index (χ0v) is 9.74. The van der Waals surface area contributed by atoms with E-state index in [1.165, 1.54) is 12.1 Å². The Morgan fingerprint density at radius 1 is 1.59 bits per heavy atom. The number of nitrogens with one attached hydrogen (secondary N) is 1. The first-order chi connectivity index (χ1) is 8.11. The summed E-state index contributed by atoms with van der Waals surface area (Å²) < 4.78 is 13.6. The molecule has 1 aliphatic carbocycles. The van der Waals surface area contributed by atoms with E-state index in [1.54, 1.807) is 0 Å². The molecule has 1 aliphatic rings. The van der Waals surface area contributed by atoms with Gasteiger partial charge in [0, 0.05) is 6.04 Å². The van der Waals surface area contributed by atoms with Gasteiger partial charge < -0.3 is 10.4 Å². The van der Waals surface area contributed by atoms with E-state index in [0.29, 0.717) is 17.6 Å². The predicted molar refractivity (Wildman–Crippen MR) is 63.8 cm³/mol. The molecule has 0 amide bonds. The van der Waals surface area contributed by atoms with Crippen LogP contribution in [0.5, 0.6) is 0 Å². The van der Waals surface area contributed by atoms with Crippen LogP contribution in [0.3, 0.4) is 0 Å². The Hall–Kier alpha value is -1.58. The van der Waals surface area contributed by atoms with Crippen molar-refractivity contribution in [2.45, 2.75) is 32.2 Å². The monoisotopic (exact) mass is 237 g/mol. The Balaban J connectivity index is 2.00. The Bertz CT molecular complexity index is 433. The first kappa shape index (κ1) is 11.9. The molecule has 0 bridgehead atoms. The maximum Gasteiger partial charge on any atom is 0.335 e. The van der Waals surface area contributed by atoms with Gasteiger partial charge in [-0.05, 0) is 37.0 Å². The zero-order chi connectivity index (χ0) is 12.4. The fourth-order valence-electron chi connectivity index (χ4n) is 2.08. The molecule has 0 saturated heterocycles. The van der Waals surface area contributed by atoms with Crippen molar-refractivity contribution in [2.24, 2.45) is 5.92 Å². The smallest absolute Gasteiger partial charge is 0.335 e. The minimum Gasteiger partial charge on any atom is -0.478 e. The largest absolute Gasteiger partial charge is 0.478 e. The molecule has 92 valence electrons. The SMILES string of the molecule is CCCC1CC1Nc1ccc(C(=O)O)cc1F. The minimum absolute atomic E-state index is 0.0195. The van der Waals surface area contributed by atoms with Crippen LogP contribution in [0.4, 0.5) is 10.1 Å². The lowest BCUT2D eigenvalue weighted by Crippen LogP contribution is -2.07. The number of carboxylic acid groups (broad SMARTS) is 1. The normalized spacial score (nSPS) is 22.2. The van der Waals surface area contributed by atoms with Gasteiger partial charge in [-0.2, -0.15) is 0 Å². The average Bonchev–Trinajstić information content (AvgIpc) is 3.00. The van der Waals surface area contributed by atoms with Gasteiger partial charge >= 0.3 is 5.97 Å². The molecule has 0 spiro atoms. The van der Waals surface area contributed by atoms with E-state index in [1.807, 2.05) is 0 Å². The van der Waals surface area contributed by atoms with Crippen molar-refractivity contribution in [1.29, 1.82) is 0 Å². The first-order valence-electron chi connectivity index (χ1n) is 5.91. The van der Waals surface area contributed by atoms with Gasteiger partial charge in [0.15, 0.2) is 0 Å². The highest BCUT2D eigenvalue weighted by molar-refractivity contribution is 5.88. The van der Waals surface area contributed by atoms with Crippen LogP contribution >= 0.6 is 0 Å². The van der Waals surface area contributed by atoms with Crippen LogP contribution in [0.25, 0.3) is 0 Å². The molecule has 2 atom stereocenters. The first-order valence-corrected chi connectivity index (χ1v) is 5.91. The molecular weight excluding hydrogens is 221 g/mol. The van der Waals surface area contributed by atoms with E-state index in [4.69, 9.17) is 5.11 Å². The van der Waals surface area contributed by atoms with E-state index in [9.17, 15) is 9.18 Å². The molecule has 0 aliphatic heterocycles. The molecule has 2 N–H and O–H groups in total. The molecule has 1 aromatic carbocycles. The van der Waals surface area contributed by atoms with Gasteiger partial charge in [0.1, 0.15) is 5.82 Å². The maximum atomic E-state index is 13.6. The number of carbonyl (C=O) groups is 1. The Kier molecular flexibility index (Phi) is 3.31. The van der Waals surface area contributed by atoms with E-state index < -0.39 is 11.8 Å². The van der Waals surface area contributed by atoms with Crippen molar-refractivity contribution in [2.75, 3.05) is 5.32 Å². The third-order valence-corrected chi connectivity index (χ3v) is 3.14. The highest BCUT2D eigenvalue weighted by atomic mass is 19.1. The van der Waals surface area contributed by atoms with Crippen LogP contribution in [0, 0.1) is 11.7 Å². The van der Waals surface area contributed by atoms with Crippen molar-refractivity contribution in [3.05, 3.63) is 29.6 Å². The molecule has 0 heterocycles. The molecule has 3 nitrogen and oxygen atoms in total. The lowest BCUT2D eigenvalue weighted by atomic mass is 10.2. The fourth-order valence-corrected chi connectivity index (χ4v) is 2.08. The van der Waals surface area contributed by atoms with Gasteiger partial charge in [-0.1, -0.05) is 13.3 Å². The Labute approximate surface area is 99.7 Å². The molecule has 0 aromatic heterocycles. The van der Waals surface area contributed by atoms with E-state index in [-0.39, 0.29) is 5.56 Å². The quantitative estimate of drug-likeness (QED) is 0.827. The summed E-state index contributed by atoms with van der Waals surface area (Å²) in [6.07, 6.45) is 3.38. The summed E-state index contributed by atoms with van der Waals surface area (Å²) in [6, 6.07) is 4.33. The highest BCUT2D eigenvalue weighted by Crippen LogP contribution is 2.37. The highest BCUT2D eigenvalue weighted by Gasteiger charge is 2.36. The summed E-state index contributed by atoms with van der Waals surface area (Å²) in [5, 5.41) is 11.8. The van der Waals surface area contributed by atoms with Crippen molar-refractivity contribution in [3.63, 3.8) is 0 Å². The molecule has 0 radical (unpaired) electrons. The van der Waals surface area contributed by atoms with Crippen LogP contribution in [0.15, 0.2) is 18.2 Å². The maximum absolute atomic E-state index is 13.6. The standard InChI is InChI=1S/C13H16FNO2/c1-2-3-8-7-12(8)15-11-5-4-9(13(16)17)6-10(11)14/h4-6,8,12,15H,2-3,7H2,1H3,(H,16,17). The van der Waals surface area contributed by atoms with Crippen molar-refractivity contribution >= 4 is 11.7 Å². The average molecular weight is 237 g/mol. The van der Waals surface area contributed by atoms with Crippen LogP contribution < -0.4 is 5.32 Å². The van der Waals surface area contributed by atoms with E-state index in [2.05, 4.69) is 12.2 Å². The summed E-state index contributed by atoms with van der Waals surface area (Å²) in [7, 11) is 0. The van der Waals surface area contributed by atoms with Crippen molar-refractivity contribution in [1.82, 2.24) is 0 Å². The number of hydrogen-bond donors (Lipinski definition) is 2. The summed E-state index contributed by atoms with van der Waals surface area (Å²) in [4.78, 5) is 10.6. The summed E-state index contributed by atoms with van der Waals surface area (Å²) in [5.74, 6) is -0.962. The van der Waals surface area contributed by atoms with Gasteiger partial charge in [0.2, 0.25) is 0 Å². The minimum atomic E-state index is -1.11. The van der Waals surface area contributed by atoms with E-state index >= 15 is 0 Å². The van der Waals surface area contributed by atoms with Crippen LogP contribution in [0.1, 0.15) is 36.5 Å². The van der Waals surface area contributed by atoms with Crippen LogP contribution in [-0.2, 0) is 0 Å². The lowest BCUT2D eigenvalue weighted by molar-refractivity contribution is 0.0696. The molecule has 1 fully saturated rings. The number of aromatic carboxylic acids is 1. The van der Waals surface area contributed by atoms with Crippen LogP contribution in [-0.4, -0.2) is 17.1 Å². The number of rotatable bonds is 5. The molecule has 2 unspecified atom stereocenters. The van der Waals surface area contributed by atoms with E-state index in [0.717, 1.165) is 25.3 Å². The molecule has 1 saturated carbocycles. The Morgan fingerprint density at radius 3 is 2.94 bits per heavy atom. The number of carboxylic acids is 1. The van der Waals surface area contributed by atoms with Crippen molar-refractivity contribution in [3.8, 4) is 0 Å². The summed E-state index contributed by atoms with van der Waals surface area (Å²) in [6.45, 7) is 2.14. The van der Waals surface area contributed by atoms with Gasteiger partial charge in [0.05, 0.1) is 11.3 Å². The molecule has 4 heteroatoms. The van der Waals surface area contributed by atoms with Gasteiger partial charge in [-0.3, -0.25) is 0 Å². The number of halogens is 1.